The fourth-order valence-corrected chi connectivity index (χ4v) is 3.31. The largest absolute Gasteiger partial charge is 0.338 e. The summed E-state index contributed by atoms with van der Waals surface area (Å²) < 4.78 is 1.81. The summed E-state index contributed by atoms with van der Waals surface area (Å²) in [4.78, 5) is 28.5. The van der Waals surface area contributed by atoms with Gasteiger partial charge in [-0.15, -0.1) is 0 Å². The van der Waals surface area contributed by atoms with E-state index in [9.17, 15) is 9.59 Å². The number of hydrogen-bond acceptors (Lipinski definition) is 3. The van der Waals surface area contributed by atoms with Crippen LogP contribution in [-0.2, 0) is 0 Å². The molecule has 0 aliphatic carbocycles. The molecule has 0 radical (unpaired) electrons. The van der Waals surface area contributed by atoms with Gasteiger partial charge in [0.05, 0.1) is 22.6 Å². The number of carbonyl (C=O) groups is 2. The van der Waals surface area contributed by atoms with Crippen LogP contribution in [0.5, 0.6) is 0 Å². The van der Waals surface area contributed by atoms with Crippen molar-refractivity contribution in [3.05, 3.63) is 47.3 Å². The molecule has 26 heavy (non-hydrogen) atoms. The molecular weight excluding hydrogens is 330 g/mol. The normalized spacial score (nSPS) is 14.4. The molecule has 1 saturated heterocycles. The second-order valence-electron chi connectivity index (χ2n) is 6.41. The Balaban J connectivity index is 1.75. The number of rotatable bonds is 3. The first-order valence-electron chi connectivity index (χ1n) is 8.96. The van der Waals surface area contributed by atoms with Gasteiger partial charge in [-0.05, 0) is 32.9 Å². The van der Waals surface area contributed by atoms with Crippen LogP contribution in [0.15, 0.2) is 30.3 Å². The molecule has 1 aliphatic rings. The lowest BCUT2D eigenvalue weighted by molar-refractivity contribution is 0.0664. The van der Waals surface area contributed by atoms with E-state index in [1.165, 1.54) is 0 Å². The lowest BCUT2D eigenvalue weighted by Gasteiger charge is -2.34. The molecule has 0 atom stereocenters. The summed E-state index contributed by atoms with van der Waals surface area (Å²) in [6, 6.07) is 9.73. The molecule has 1 aliphatic heterocycles. The molecule has 0 unspecified atom stereocenters. The van der Waals surface area contributed by atoms with Gasteiger partial charge in [-0.2, -0.15) is 5.10 Å². The Morgan fingerprint density at radius 2 is 1.65 bits per heavy atom. The maximum atomic E-state index is 13.0. The van der Waals surface area contributed by atoms with E-state index >= 15 is 0 Å². The third-order valence-electron chi connectivity index (χ3n) is 4.69. The van der Waals surface area contributed by atoms with Gasteiger partial charge in [0.15, 0.2) is 0 Å². The van der Waals surface area contributed by atoms with E-state index in [1.54, 1.807) is 4.90 Å². The molecule has 3 rings (SSSR count). The van der Waals surface area contributed by atoms with Gasteiger partial charge in [-0.1, -0.05) is 18.2 Å². The lowest BCUT2D eigenvalue weighted by Crippen LogP contribution is -2.53. The minimum Gasteiger partial charge on any atom is -0.338 e. The number of benzene rings is 1. The predicted octanol–water partition coefficient (Wildman–Crippen LogP) is 1.98. The molecule has 7 heteroatoms. The first kappa shape index (κ1) is 18.0. The number of aromatic nitrogens is 2. The summed E-state index contributed by atoms with van der Waals surface area (Å²) in [5.74, 6) is -0.0160. The topological polar surface area (TPSA) is 70.5 Å². The minimum atomic E-state index is -0.0659. The van der Waals surface area contributed by atoms with E-state index in [-0.39, 0.29) is 11.9 Å². The van der Waals surface area contributed by atoms with Crippen LogP contribution in [0.3, 0.4) is 0 Å². The summed E-state index contributed by atoms with van der Waals surface area (Å²) in [5, 5.41) is 7.36. The van der Waals surface area contributed by atoms with Crippen molar-refractivity contribution in [3.63, 3.8) is 0 Å². The number of urea groups is 1. The quantitative estimate of drug-likeness (QED) is 0.915. The van der Waals surface area contributed by atoms with E-state index in [4.69, 9.17) is 0 Å². The number of piperazine rings is 1. The molecule has 7 nitrogen and oxygen atoms in total. The molecule has 3 amide bonds. The second-order valence-corrected chi connectivity index (χ2v) is 6.41. The third kappa shape index (κ3) is 3.42. The highest BCUT2D eigenvalue weighted by molar-refractivity contribution is 5.96. The van der Waals surface area contributed by atoms with Gasteiger partial charge >= 0.3 is 6.03 Å². The number of aryl methyl sites for hydroxylation is 1. The zero-order valence-electron chi connectivity index (χ0n) is 15.5. The number of nitrogens with zero attached hydrogens (tertiary/aromatic N) is 4. The van der Waals surface area contributed by atoms with Crippen molar-refractivity contribution in [2.75, 3.05) is 32.7 Å². The van der Waals surface area contributed by atoms with E-state index in [2.05, 4.69) is 10.4 Å². The number of nitrogens with one attached hydrogen (secondary N) is 1. The number of carbonyl (C=O) groups excluding carboxylic acids is 2. The van der Waals surface area contributed by atoms with Crippen LogP contribution in [0.4, 0.5) is 4.79 Å². The smallest absolute Gasteiger partial charge is 0.317 e. The molecule has 1 N–H and O–H groups in total. The monoisotopic (exact) mass is 355 g/mol. The Morgan fingerprint density at radius 3 is 2.27 bits per heavy atom. The van der Waals surface area contributed by atoms with Gasteiger partial charge in [0.25, 0.3) is 5.91 Å². The average Bonchev–Trinajstić information content (AvgIpc) is 2.96. The fourth-order valence-electron chi connectivity index (χ4n) is 3.31. The molecule has 1 fully saturated rings. The van der Waals surface area contributed by atoms with E-state index in [0.717, 1.165) is 17.1 Å². The van der Waals surface area contributed by atoms with Crippen molar-refractivity contribution in [1.29, 1.82) is 0 Å². The van der Waals surface area contributed by atoms with Crippen LogP contribution in [0.1, 0.15) is 28.7 Å². The molecule has 138 valence electrons. The van der Waals surface area contributed by atoms with Crippen LogP contribution < -0.4 is 5.32 Å². The minimum absolute atomic E-state index is 0.0160. The summed E-state index contributed by atoms with van der Waals surface area (Å²) in [7, 11) is 0. The van der Waals surface area contributed by atoms with Gasteiger partial charge < -0.3 is 15.1 Å². The molecule has 0 saturated carbocycles. The second kappa shape index (κ2) is 7.59. The first-order valence-corrected chi connectivity index (χ1v) is 8.96. The molecule has 2 heterocycles. The lowest BCUT2D eigenvalue weighted by atomic mass is 10.1. The van der Waals surface area contributed by atoms with Crippen molar-refractivity contribution in [2.45, 2.75) is 20.8 Å². The Morgan fingerprint density at radius 1 is 1.04 bits per heavy atom. The van der Waals surface area contributed by atoms with Gasteiger partial charge in [0.1, 0.15) is 0 Å². The van der Waals surface area contributed by atoms with Crippen LogP contribution >= 0.6 is 0 Å². The maximum absolute atomic E-state index is 13.0. The van der Waals surface area contributed by atoms with E-state index in [0.29, 0.717) is 38.3 Å². The Hall–Kier alpha value is -2.83. The average molecular weight is 355 g/mol. The van der Waals surface area contributed by atoms with Gasteiger partial charge in [-0.3, -0.25) is 4.79 Å². The van der Waals surface area contributed by atoms with Crippen molar-refractivity contribution < 1.29 is 9.59 Å². The third-order valence-corrected chi connectivity index (χ3v) is 4.69. The Kier molecular flexibility index (Phi) is 5.25. The van der Waals surface area contributed by atoms with Crippen LogP contribution in [0.2, 0.25) is 0 Å². The van der Waals surface area contributed by atoms with Crippen molar-refractivity contribution in [1.82, 2.24) is 24.9 Å². The summed E-state index contributed by atoms with van der Waals surface area (Å²) in [6.45, 7) is 8.44. The summed E-state index contributed by atoms with van der Waals surface area (Å²) in [5.41, 5.74) is 3.15. The summed E-state index contributed by atoms with van der Waals surface area (Å²) >= 11 is 0. The SMILES string of the molecule is CCNC(=O)N1CCN(C(=O)c2c(C)nn(-c3ccccc3)c2C)CC1. The maximum Gasteiger partial charge on any atom is 0.317 e. The first-order chi connectivity index (χ1) is 12.5. The van der Waals surface area contributed by atoms with E-state index < -0.39 is 0 Å². The zero-order valence-corrected chi connectivity index (χ0v) is 15.5. The molecule has 0 bridgehead atoms. The highest BCUT2D eigenvalue weighted by atomic mass is 16.2. The fraction of sp³-hybridized carbons (Fsp3) is 0.421. The van der Waals surface area contributed by atoms with Crippen molar-refractivity contribution in [3.8, 4) is 5.69 Å². The molecule has 1 aromatic carbocycles. The summed E-state index contributed by atoms with van der Waals surface area (Å²) in [6.07, 6.45) is 0. The van der Waals surface area contributed by atoms with Crippen molar-refractivity contribution in [2.24, 2.45) is 0 Å². The Labute approximate surface area is 153 Å². The highest BCUT2D eigenvalue weighted by Crippen LogP contribution is 2.20. The van der Waals surface area contributed by atoms with Crippen LogP contribution in [-0.4, -0.2) is 64.2 Å². The van der Waals surface area contributed by atoms with Gasteiger partial charge in [0.2, 0.25) is 0 Å². The van der Waals surface area contributed by atoms with Gasteiger partial charge in [0, 0.05) is 32.7 Å². The molecule has 0 spiro atoms. The van der Waals surface area contributed by atoms with Gasteiger partial charge in [-0.25, -0.2) is 9.48 Å². The molecule has 1 aromatic heterocycles. The highest BCUT2D eigenvalue weighted by Gasteiger charge is 2.28. The Bertz CT molecular complexity index is 792. The number of amides is 3. The zero-order chi connectivity index (χ0) is 18.7. The standard InChI is InChI=1S/C19H25N5O2/c1-4-20-19(26)23-12-10-22(11-13-23)18(25)17-14(2)21-24(15(17)3)16-8-6-5-7-9-16/h5-9H,4,10-13H2,1-3H3,(H,20,26). The predicted molar refractivity (Wildman–Crippen MR) is 99.6 cm³/mol. The van der Waals surface area contributed by atoms with E-state index in [1.807, 2.05) is 60.7 Å². The number of hydrogen-bond donors (Lipinski definition) is 1. The van der Waals surface area contributed by atoms with Crippen molar-refractivity contribution >= 4 is 11.9 Å². The van der Waals surface area contributed by atoms with Crippen LogP contribution in [0.25, 0.3) is 5.69 Å². The molecule has 2 aromatic rings. The number of para-hydroxylation sites is 1. The molecular formula is C19H25N5O2. The van der Waals surface area contributed by atoms with Crippen LogP contribution in [0, 0.1) is 13.8 Å².